The molecule has 4 rings (SSSR count). The standard InChI is InChI=1S/C30H32O4/c1-5-30(4,29(31)32-6-2)34-26-14-12-25(13-15-26)33-18-17-21(3)22-11-16-28-24(19-22)20-23-9-7-8-10-27(23)28/h7-17,19H,5-6,18,20H2,1-4H3/b21-17+. The van der Waals surface area contributed by atoms with Crippen LogP contribution in [0, 0.1) is 0 Å². The zero-order chi connectivity index (χ0) is 24.1. The number of rotatable bonds is 9. The highest BCUT2D eigenvalue weighted by atomic mass is 16.6. The maximum absolute atomic E-state index is 12.2. The Morgan fingerprint density at radius 3 is 2.38 bits per heavy atom. The number of hydrogen-bond donors (Lipinski definition) is 0. The van der Waals surface area contributed by atoms with Gasteiger partial charge in [0.1, 0.15) is 18.1 Å². The van der Waals surface area contributed by atoms with Crippen molar-refractivity contribution in [3.63, 3.8) is 0 Å². The molecule has 4 heteroatoms. The van der Waals surface area contributed by atoms with Crippen LogP contribution in [0.15, 0.2) is 72.8 Å². The molecule has 1 aliphatic carbocycles. The fourth-order valence-electron chi connectivity index (χ4n) is 4.18. The normalized spacial score (nSPS) is 14.1. The Balaban J connectivity index is 1.36. The molecule has 0 bridgehead atoms. The topological polar surface area (TPSA) is 44.8 Å². The molecule has 176 valence electrons. The van der Waals surface area contributed by atoms with Crippen LogP contribution in [0.25, 0.3) is 16.7 Å². The minimum Gasteiger partial charge on any atom is -0.490 e. The van der Waals surface area contributed by atoms with Gasteiger partial charge in [0, 0.05) is 0 Å². The molecule has 0 N–H and O–H groups in total. The van der Waals surface area contributed by atoms with Crippen molar-refractivity contribution in [3.05, 3.63) is 89.5 Å². The average molecular weight is 457 g/mol. The van der Waals surface area contributed by atoms with Gasteiger partial charge in [-0.25, -0.2) is 4.79 Å². The first-order chi connectivity index (χ1) is 16.4. The van der Waals surface area contributed by atoms with Crippen LogP contribution < -0.4 is 9.47 Å². The molecule has 0 aromatic heterocycles. The van der Waals surface area contributed by atoms with Gasteiger partial charge in [0.05, 0.1) is 6.61 Å². The van der Waals surface area contributed by atoms with Crippen LogP contribution in [-0.2, 0) is 16.0 Å². The Morgan fingerprint density at radius 2 is 1.65 bits per heavy atom. The van der Waals surface area contributed by atoms with Gasteiger partial charge in [0.25, 0.3) is 0 Å². The molecule has 0 heterocycles. The number of benzene rings is 3. The summed E-state index contributed by atoms with van der Waals surface area (Å²) in [4.78, 5) is 12.2. The van der Waals surface area contributed by atoms with Gasteiger partial charge in [0.15, 0.2) is 0 Å². The minimum absolute atomic E-state index is 0.330. The summed E-state index contributed by atoms with van der Waals surface area (Å²) in [5.74, 6) is 1.000. The number of ether oxygens (including phenoxy) is 3. The quantitative estimate of drug-likeness (QED) is 0.258. The van der Waals surface area contributed by atoms with Crippen LogP contribution in [0.5, 0.6) is 11.5 Å². The van der Waals surface area contributed by atoms with Gasteiger partial charge in [-0.2, -0.15) is 0 Å². The van der Waals surface area contributed by atoms with E-state index in [0.29, 0.717) is 25.4 Å². The highest BCUT2D eigenvalue weighted by Gasteiger charge is 2.35. The van der Waals surface area contributed by atoms with Gasteiger partial charge in [0.2, 0.25) is 5.60 Å². The number of fused-ring (bicyclic) bond motifs is 3. The summed E-state index contributed by atoms with van der Waals surface area (Å²) in [6.45, 7) is 8.36. The van der Waals surface area contributed by atoms with Crippen LogP contribution in [0.2, 0.25) is 0 Å². The first kappa shape index (κ1) is 23.6. The molecule has 0 radical (unpaired) electrons. The molecule has 34 heavy (non-hydrogen) atoms. The zero-order valence-corrected chi connectivity index (χ0v) is 20.4. The lowest BCUT2D eigenvalue weighted by Crippen LogP contribution is -2.42. The molecule has 0 aliphatic heterocycles. The van der Waals surface area contributed by atoms with Crippen molar-refractivity contribution < 1.29 is 19.0 Å². The molecule has 1 aliphatic rings. The molecule has 0 saturated carbocycles. The summed E-state index contributed by atoms with van der Waals surface area (Å²) in [7, 11) is 0. The monoisotopic (exact) mass is 456 g/mol. The van der Waals surface area contributed by atoms with Crippen molar-refractivity contribution in [1.29, 1.82) is 0 Å². The lowest BCUT2D eigenvalue weighted by molar-refractivity contribution is -0.160. The van der Waals surface area contributed by atoms with E-state index in [0.717, 1.165) is 12.2 Å². The molecule has 0 saturated heterocycles. The maximum Gasteiger partial charge on any atom is 0.350 e. The van der Waals surface area contributed by atoms with E-state index in [1.165, 1.54) is 33.4 Å². The smallest absolute Gasteiger partial charge is 0.350 e. The van der Waals surface area contributed by atoms with Gasteiger partial charge in [-0.3, -0.25) is 0 Å². The van der Waals surface area contributed by atoms with Crippen molar-refractivity contribution in [3.8, 4) is 22.6 Å². The van der Waals surface area contributed by atoms with Crippen molar-refractivity contribution in [2.45, 2.75) is 46.1 Å². The third kappa shape index (κ3) is 5.01. The van der Waals surface area contributed by atoms with Crippen molar-refractivity contribution >= 4 is 11.5 Å². The second kappa shape index (κ2) is 10.2. The molecule has 3 aromatic carbocycles. The lowest BCUT2D eigenvalue weighted by Gasteiger charge is -2.27. The molecular weight excluding hydrogens is 424 g/mol. The van der Waals surface area contributed by atoms with Gasteiger partial charge in [-0.05, 0) is 97.3 Å². The number of carbonyl (C=O) groups is 1. The second-order valence-corrected chi connectivity index (χ2v) is 8.78. The van der Waals surface area contributed by atoms with E-state index < -0.39 is 5.60 Å². The number of hydrogen-bond acceptors (Lipinski definition) is 4. The third-order valence-electron chi connectivity index (χ3n) is 6.44. The summed E-state index contributed by atoms with van der Waals surface area (Å²) in [5, 5.41) is 0. The van der Waals surface area contributed by atoms with E-state index in [-0.39, 0.29) is 5.97 Å². The Hall–Kier alpha value is -3.53. The molecule has 3 aromatic rings. The highest BCUT2D eigenvalue weighted by molar-refractivity contribution is 5.80. The SMILES string of the molecule is CCOC(=O)C(C)(CC)Oc1ccc(OC/C=C(\C)c2ccc3c(c2)Cc2ccccc2-3)cc1. The minimum atomic E-state index is -1.00. The molecule has 0 fully saturated rings. The van der Waals surface area contributed by atoms with E-state index in [4.69, 9.17) is 14.2 Å². The van der Waals surface area contributed by atoms with Gasteiger partial charge >= 0.3 is 5.97 Å². The summed E-state index contributed by atoms with van der Waals surface area (Å²) in [5.41, 5.74) is 6.87. The predicted octanol–water partition coefficient (Wildman–Crippen LogP) is 6.85. The zero-order valence-electron chi connectivity index (χ0n) is 20.4. The lowest BCUT2D eigenvalue weighted by atomic mass is 10.00. The predicted molar refractivity (Wildman–Crippen MR) is 136 cm³/mol. The van der Waals surface area contributed by atoms with Crippen LogP contribution in [0.4, 0.5) is 0 Å². The number of carbonyl (C=O) groups excluding carboxylic acids is 1. The first-order valence-electron chi connectivity index (χ1n) is 11.9. The molecule has 1 unspecified atom stereocenters. The van der Waals surface area contributed by atoms with Crippen molar-refractivity contribution in [2.24, 2.45) is 0 Å². The Labute approximate surface area is 202 Å². The maximum atomic E-state index is 12.2. The van der Waals surface area contributed by atoms with E-state index in [1.54, 1.807) is 13.8 Å². The third-order valence-corrected chi connectivity index (χ3v) is 6.44. The molecule has 1 atom stereocenters. The molecule has 4 nitrogen and oxygen atoms in total. The summed E-state index contributed by atoms with van der Waals surface area (Å²) in [6.07, 6.45) is 3.61. The fraction of sp³-hybridized carbons (Fsp3) is 0.300. The van der Waals surface area contributed by atoms with Gasteiger partial charge in [-0.15, -0.1) is 0 Å². The summed E-state index contributed by atoms with van der Waals surface area (Å²) in [6, 6.07) is 22.7. The Kier molecular flexibility index (Phi) is 7.06. The summed E-state index contributed by atoms with van der Waals surface area (Å²) < 4.78 is 17.0. The second-order valence-electron chi connectivity index (χ2n) is 8.78. The van der Waals surface area contributed by atoms with E-state index in [1.807, 2.05) is 31.2 Å². The summed E-state index contributed by atoms with van der Waals surface area (Å²) >= 11 is 0. The number of esters is 1. The van der Waals surface area contributed by atoms with Crippen LogP contribution in [0.3, 0.4) is 0 Å². The fourth-order valence-corrected chi connectivity index (χ4v) is 4.18. The largest absolute Gasteiger partial charge is 0.490 e. The number of allylic oxidation sites excluding steroid dienone is 1. The van der Waals surface area contributed by atoms with Crippen molar-refractivity contribution in [1.82, 2.24) is 0 Å². The van der Waals surface area contributed by atoms with E-state index >= 15 is 0 Å². The van der Waals surface area contributed by atoms with Gasteiger partial charge < -0.3 is 14.2 Å². The Morgan fingerprint density at radius 1 is 0.941 bits per heavy atom. The average Bonchev–Trinajstić information content (AvgIpc) is 3.23. The molecule has 0 spiro atoms. The van der Waals surface area contributed by atoms with Crippen molar-refractivity contribution in [2.75, 3.05) is 13.2 Å². The molecule has 0 amide bonds. The van der Waals surface area contributed by atoms with Crippen LogP contribution in [0.1, 0.15) is 50.8 Å². The van der Waals surface area contributed by atoms with E-state index in [2.05, 4.69) is 55.5 Å². The van der Waals surface area contributed by atoms with Crippen LogP contribution in [-0.4, -0.2) is 24.8 Å². The highest BCUT2D eigenvalue weighted by Crippen LogP contribution is 2.37. The van der Waals surface area contributed by atoms with E-state index in [9.17, 15) is 4.79 Å². The first-order valence-corrected chi connectivity index (χ1v) is 11.9. The van der Waals surface area contributed by atoms with Gasteiger partial charge in [-0.1, -0.05) is 49.4 Å². The van der Waals surface area contributed by atoms with Crippen LogP contribution >= 0.6 is 0 Å². The molecular formula is C30H32O4. The Bertz CT molecular complexity index is 1190.